The van der Waals surface area contributed by atoms with Crippen molar-refractivity contribution in [3.05, 3.63) is 35.9 Å². The van der Waals surface area contributed by atoms with Crippen LogP contribution in [0.5, 0.6) is 0 Å². The van der Waals surface area contributed by atoms with Gasteiger partial charge in [0.15, 0.2) is 0 Å². The zero-order chi connectivity index (χ0) is 13.1. The molecule has 1 aromatic carbocycles. The van der Waals surface area contributed by atoms with Crippen LogP contribution in [0.3, 0.4) is 0 Å². The van der Waals surface area contributed by atoms with Crippen molar-refractivity contribution in [2.24, 2.45) is 0 Å². The first kappa shape index (κ1) is 14.4. The van der Waals surface area contributed by atoms with Gasteiger partial charge in [-0.25, -0.2) is 9.34 Å². The van der Waals surface area contributed by atoms with E-state index in [1.165, 1.54) is 0 Å². The Morgan fingerprint density at radius 1 is 1.06 bits per heavy atom. The Kier molecular flexibility index (Phi) is 4.90. The van der Waals surface area contributed by atoms with Gasteiger partial charge in [-0.15, -0.1) is 0 Å². The molecular formula is C12H21N2O2P. The van der Waals surface area contributed by atoms with Gasteiger partial charge in [0.25, 0.3) is 0 Å². The van der Waals surface area contributed by atoms with Crippen molar-refractivity contribution in [3.8, 4) is 0 Å². The molecule has 0 saturated carbocycles. The summed E-state index contributed by atoms with van der Waals surface area (Å²) in [7, 11) is 4.13. The second kappa shape index (κ2) is 5.78. The summed E-state index contributed by atoms with van der Waals surface area (Å²) >= 11 is 0. The predicted octanol–water partition coefficient (Wildman–Crippen LogP) is 3.00. The standard InChI is InChI=1S/C12H21N2O2P/c1-11(12-9-7-6-8-10-12)16-17(15,13(2)3)14(4)5/h6-11H,1-5H3/t11-/m1/s1. The van der Waals surface area contributed by atoms with Crippen LogP contribution in [0, 0.1) is 0 Å². The van der Waals surface area contributed by atoms with Gasteiger partial charge in [0.1, 0.15) is 0 Å². The summed E-state index contributed by atoms with van der Waals surface area (Å²) in [6.45, 7) is 1.91. The molecule has 0 fully saturated rings. The van der Waals surface area contributed by atoms with Gasteiger partial charge >= 0.3 is 7.67 Å². The number of rotatable bonds is 5. The molecule has 0 amide bonds. The first-order chi connectivity index (χ1) is 7.88. The average molecular weight is 256 g/mol. The lowest BCUT2D eigenvalue weighted by Crippen LogP contribution is -2.23. The number of nitrogens with zero attached hydrogens (tertiary/aromatic N) is 2. The SMILES string of the molecule is C[C@@H](OP(=O)(N(C)C)N(C)C)c1ccccc1. The summed E-state index contributed by atoms with van der Waals surface area (Å²) < 4.78 is 21.6. The summed E-state index contributed by atoms with van der Waals surface area (Å²) in [5, 5.41) is 0. The van der Waals surface area contributed by atoms with Crippen LogP contribution < -0.4 is 0 Å². The largest absolute Gasteiger partial charge is 0.345 e. The minimum absolute atomic E-state index is 0.202. The molecule has 0 aliphatic rings. The third kappa shape index (κ3) is 3.39. The summed E-state index contributed by atoms with van der Waals surface area (Å²) in [5.41, 5.74) is 1.02. The van der Waals surface area contributed by atoms with Crippen LogP contribution in [0.25, 0.3) is 0 Å². The van der Waals surface area contributed by atoms with E-state index in [1.54, 1.807) is 37.5 Å². The molecule has 96 valence electrons. The van der Waals surface area contributed by atoms with E-state index in [1.807, 2.05) is 37.3 Å². The molecule has 4 nitrogen and oxygen atoms in total. The Hall–Kier alpha value is -0.670. The van der Waals surface area contributed by atoms with E-state index in [0.29, 0.717) is 0 Å². The molecule has 1 aromatic rings. The Bertz CT molecular complexity index is 381. The highest BCUT2D eigenvalue weighted by Gasteiger charge is 2.31. The molecule has 0 aliphatic heterocycles. The molecule has 0 aliphatic carbocycles. The van der Waals surface area contributed by atoms with E-state index in [9.17, 15) is 4.57 Å². The first-order valence-electron chi connectivity index (χ1n) is 5.57. The Morgan fingerprint density at radius 2 is 1.53 bits per heavy atom. The van der Waals surface area contributed by atoms with Gasteiger partial charge in [-0.3, -0.25) is 9.09 Å². The van der Waals surface area contributed by atoms with E-state index >= 15 is 0 Å². The zero-order valence-corrected chi connectivity index (χ0v) is 12.0. The van der Waals surface area contributed by atoms with E-state index in [0.717, 1.165) is 5.56 Å². The minimum atomic E-state index is -2.92. The fourth-order valence-electron chi connectivity index (χ4n) is 1.54. The van der Waals surface area contributed by atoms with Gasteiger partial charge in [0.2, 0.25) is 0 Å². The van der Waals surface area contributed by atoms with Gasteiger partial charge in [-0.05, 0) is 40.7 Å². The number of hydrogen-bond donors (Lipinski definition) is 0. The summed E-state index contributed by atoms with van der Waals surface area (Å²) in [5.74, 6) is 0. The molecule has 0 aromatic heterocycles. The smallest absolute Gasteiger partial charge is 0.298 e. The van der Waals surface area contributed by atoms with Crippen LogP contribution >= 0.6 is 7.67 Å². The van der Waals surface area contributed by atoms with Gasteiger partial charge in [-0.1, -0.05) is 30.3 Å². The zero-order valence-electron chi connectivity index (χ0n) is 11.1. The minimum Gasteiger partial charge on any atom is -0.298 e. The normalized spacial score (nSPS) is 14.3. The van der Waals surface area contributed by atoms with Crippen molar-refractivity contribution < 1.29 is 9.09 Å². The summed E-state index contributed by atoms with van der Waals surface area (Å²) in [6.07, 6.45) is -0.202. The van der Waals surface area contributed by atoms with Gasteiger partial charge in [0, 0.05) is 0 Å². The number of benzene rings is 1. The van der Waals surface area contributed by atoms with Crippen LogP contribution in [-0.4, -0.2) is 37.5 Å². The molecule has 0 bridgehead atoms. The maximum Gasteiger partial charge on any atom is 0.345 e. The Labute approximate surface area is 104 Å². The van der Waals surface area contributed by atoms with Crippen molar-refractivity contribution in [3.63, 3.8) is 0 Å². The molecule has 0 heterocycles. The molecule has 17 heavy (non-hydrogen) atoms. The Morgan fingerprint density at radius 3 is 1.94 bits per heavy atom. The van der Waals surface area contributed by atoms with E-state index in [-0.39, 0.29) is 6.10 Å². The van der Waals surface area contributed by atoms with Gasteiger partial charge in [0.05, 0.1) is 6.10 Å². The lowest BCUT2D eigenvalue weighted by atomic mass is 10.1. The monoisotopic (exact) mass is 256 g/mol. The van der Waals surface area contributed by atoms with Crippen LogP contribution in [-0.2, 0) is 9.09 Å². The highest BCUT2D eigenvalue weighted by atomic mass is 31.2. The van der Waals surface area contributed by atoms with E-state index in [2.05, 4.69) is 0 Å². The topological polar surface area (TPSA) is 32.8 Å². The molecule has 0 N–H and O–H groups in total. The second-order valence-electron chi connectivity index (χ2n) is 4.34. The van der Waals surface area contributed by atoms with Gasteiger partial charge in [-0.2, -0.15) is 0 Å². The third-order valence-electron chi connectivity index (χ3n) is 2.58. The highest BCUT2D eigenvalue weighted by molar-refractivity contribution is 7.53. The van der Waals surface area contributed by atoms with Crippen LogP contribution in [0.4, 0.5) is 0 Å². The fraction of sp³-hybridized carbons (Fsp3) is 0.500. The van der Waals surface area contributed by atoms with Crippen molar-refractivity contribution in [1.82, 2.24) is 9.34 Å². The molecule has 5 heteroatoms. The second-order valence-corrected chi connectivity index (χ2v) is 7.14. The maximum atomic E-state index is 12.6. The summed E-state index contributed by atoms with van der Waals surface area (Å²) in [6, 6.07) is 9.80. The molecular weight excluding hydrogens is 235 g/mol. The van der Waals surface area contributed by atoms with Gasteiger partial charge < -0.3 is 0 Å². The predicted molar refractivity (Wildman–Crippen MR) is 70.9 cm³/mol. The van der Waals surface area contributed by atoms with Crippen LogP contribution in [0.1, 0.15) is 18.6 Å². The first-order valence-corrected chi connectivity index (χ1v) is 7.10. The number of hydrogen-bond acceptors (Lipinski definition) is 2. The highest BCUT2D eigenvalue weighted by Crippen LogP contribution is 2.53. The van der Waals surface area contributed by atoms with Crippen molar-refractivity contribution >= 4 is 7.67 Å². The van der Waals surface area contributed by atoms with E-state index in [4.69, 9.17) is 4.52 Å². The molecule has 1 atom stereocenters. The van der Waals surface area contributed by atoms with Crippen molar-refractivity contribution in [2.45, 2.75) is 13.0 Å². The average Bonchev–Trinajstić information content (AvgIpc) is 2.29. The lowest BCUT2D eigenvalue weighted by Gasteiger charge is -2.31. The Balaban J connectivity index is 2.86. The quantitative estimate of drug-likeness (QED) is 0.758. The van der Waals surface area contributed by atoms with Crippen LogP contribution in [0.15, 0.2) is 30.3 Å². The molecule has 0 radical (unpaired) electrons. The maximum absolute atomic E-state index is 12.6. The molecule has 0 saturated heterocycles. The third-order valence-corrected chi connectivity index (χ3v) is 5.19. The van der Waals surface area contributed by atoms with Crippen molar-refractivity contribution in [2.75, 3.05) is 28.2 Å². The lowest BCUT2D eigenvalue weighted by molar-refractivity contribution is 0.182. The summed E-state index contributed by atoms with van der Waals surface area (Å²) in [4.78, 5) is 0. The molecule has 0 unspecified atom stereocenters. The van der Waals surface area contributed by atoms with Crippen LogP contribution in [0.2, 0.25) is 0 Å². The van der Waals surface area contributed by atoms with Crippen molar-refractivity contribution in [1.29, 1.82) is 0 Å². The fourth-order valence-corrected chi connectivity index (χ4v) is 3.16. The molecule has 0 spiro atoms. The molecule has 1 rings (SSSR count). The van der Waals surface area contributed by atoms with E-state index < -0.39 is 7.67 Å².